The van der Waals surface area contributed by atoms with Gasteiger partial charge >= 0.3 is 0 Å². The molecule has 0 aliphatic heterocycles. The molecule has 0 bridgehead atoms. The highest BCUT2D eigenvalue weighted by Gasteiger charge is 2.07. The molecule has 0 saturated carbocycles. The number of amides is 1. The van der Waals surface area contributed by atoms with Crippen molar-refractivity contribution in [2.75, 3.05) is 6.54 Å². The molecule has 3 N–H and O–H groups in total. The molecule has 0 saturated heterocycles. The first kappa shape index (κ1) is 16.4. The second-order valence-electron chi connectivity index (χ2n) is 3.57. The summed E-state index contributed by atoms with van der Waals surface area (Å²) >= 11 is 3.27. The maximum Gasteiger partial charge on any atom is 0.236 e. The first-order chi connectivity index (χ1) is 7.50. The molecular weight excluding hydrogens is 310 g/mol. The first-order valence-electron chi connectivity index (χ1n) is 4.98. The van der Waals surface area contributed by atoms with Gasteiger partial charge in [0.1, 0.15) is 5.82 Å². The van der Waals surface area contributed by atoms with E-state index in [0.717, 1.165) is 4.47 Å². The van der Waals surface area contributed by atoms with Crippen LogP contribution >= 0.6 is 28.3 Å². The minimum Gasteiger partial charge on any atom is -0.354 e. The van der Waals surface area contributed by atoms with Gasteiger partial charge in [-0.1, -0.05) is 15.9 Å². The van der Waals surface area contributed by atoms with Crippen molar-refractivity contribution < 1.29 is 9.18 Å². The highest BCUT2D eigenvalue weighted by Crippen LogP contribution is 2.15. The van der Waals surface area contributed by atoms with Gasteiger partial charge in [-0.2, -0.15) is 0 Å². The summed E-state index contributed by atoms with van der Waals surface area (Å²) in [7, 11) is 0. The Kier molecular flexibility index (Phi) is 7.34. The summed E-state index contributed by atoms with van der Waals surface area (Å²) in [6.07, 6.45) is 0.448. The number of rotatable bonds is 4. The number of nitrogens with one attached hydrogen (secondary N) is 1. The summed E-state index contributed by atoms with van der Waals surface area (Å²) in [6, 6.07) is 4.20. The normalized spacial score (nSPS) is 11.5. The molecule has 1 aromatic rings. The molecule has 0 fully saturated rings. The van der Waals surface area contributed by atoms with Crippen LogP contribution in [-0.4, -0.2) is 18.5 Å². The molecule has 96 valence electrons. The third-order valence-corrected chi connectivity index (χ3v) is 2.61. The van der Waals surface area contributed by atoms with Crippen LogP contribution in [0.25, 0.3) is 0 Å². The highest BCUT2D eigenvalue weighted by molar-refractivity contribution is 9.10. The minimum absolute atomic E-state index is 0. The van der Waals surface area contributed by atoms with E-state index in [2.05, 4.69) is 21.2 Å². The van der Waals surface area contributed by atoms with Crippen LogP contribution in [0, 0.1) is 5.82 Å². The van der Waals surface area contributed by atoms with Gasteiger partial charge in [0.05, 0.1) is 6.04 Å². The lowest BCUT2D eigenvalue weighted by atomic mass is 10.1. The predicted octanol–water partition coefficient (Wildman–Crippen LogP) is 2.02. The van der Waals surface area contributed by atoms with Gasteiger partial charge in [-0.3, -0.25) is 4.79 Å². The van der Waals surface area contributed by atoms with Crippen LogP contribution in [0.1, 0.15) is 12.5 Å². The topological polar surface area (TPSA) is 55.1 Å². The van der Waals surface area contributed by atoms with Gasteiger partial charge in [-0.15, -0.1) is 12.4 Å². The SMILES string of the molecule is C[C@H](N)C(=O)NCCc1cc(Br)ccc1F.Cl. The average molecular weight is 326 g/mol. The van der Waals surface area contributed by atoms with E-state index in [1.54, 1.807) is 19.1 Å². The minimum atomic E-state index is -0.535. The van der Waals surface area contributed by atoms with Crippen LogP contribution in [-0.2, 0) is 11.2 Å². The molecule has 3 nitrogen and oxygen atoms in total. The van der Waals surface area contributed by atoms with Crippen molar-refractivity contribution in [2.24, 2.45) is 5.73 Å². The van der Waals surface area contributed by atoms with E-state index in [0.29, 0.717) is 18.5 Å². The van der Waals surface area contributed by atoms with Gasteiger partial charge in [0.2, 0.25) is 5.91 Å². The molecule has 0 heterocycles. The summed E-state index contributed by atoms with van der Waals surface area (Å²) in [4.78, 5) is 11.1. The largest absolute Gasteiger partial charge is 0.354 e. The molecule has 1 aromatic carbocycles. The summed E-state index contributed by atoms with van der Waals surface area (Å²) < 4.78 is 14.1. The van der Waals surface area contributed by atoms with Gasteiger partial charge in [0, 0.05) is 11.0 Å². The molecule has 1 amide bonds. The molecule has 0 radical (unpaired) electrons. The van der Waals surface area contributed by atoms with Crippen molar-refractivity contribution in [3.63, 3.8) is 0 Å². The van der Waals surface area contributed by atoms with E-state index in [1.807, 2.05) is 0 Å². The Morgan fingerprint density at radius 2 is 2.24 bits per heavy atom. The van der Waals surface area contributed by atoms with E-state index in [9.17, 15) is 9.18 Å². The lowest BCUT2D eigenvalue weighted by molar-refractivity contribution is -0.121. The zero-order chi connectivity index (χ0) is 12.1. The molecule has 1 rings (SSSR count). The summed E-state index contributed by atoms with van der Waals surface area (Å²) in [6.45, 7) is 1.99. The number of carbonyl (C=O) groups is 1. The highest BCUT2D eigenvalue weighted by atomic mass is 79.9. The Morgan fingerprint density at radius 1 is 1.59 bits per heavy atom. The van der Waals surface area contributed by atoms with Crippen molar-refractivity contribution in [3.05, 3.63) is 34.1 Å². The van der Waals surface area contributed by atoms with Crippen molar-refractivity contribution in [3.8, 4) is 0 Å². The summed E-state index contributed by atoms with van der Waals surface area (Å²) in [5.41, 5.74) is 5.94. The molecule has 1 atom stereocenters. The van der Waals surface area contributed by atoms with Gasteiger partial charge < -0.3 is 11.1 Å². The molecule has 0 unspecified atom stereocenters. The zero-order valence-corrected chi connectivity index (χ0v) is 11.8. The Morgan fingerprint density at radius 3 is 2.82 bits per heavy atom. The Labute approximate surface area is 114 Å². The van der Waals surface area contributed by atoms with Gasteiger partial charge in [0.15, 0.2) is 0 Å². The van der Waals surface area contributed by atoms with Crippen molar-refractivity contribution in [2.45, 2.75) is 19.4 Å². The van der Waals surface area contributed by atoms with E-state index < -0.39 is 6.04 Å². The standard InChI is InChI=1S/C11H14BrFN2O.ClH/c1-7(14)11(16)15-5-4-8-6-9(12)2-3-10(8)13;/h2-3,6-7H,4-5,14H2,1H3,(H,15,16);1H/t7-;/m0./s1. The van der Waals surface area contributed by atoms with Crippen LogP contribution in [0.4, 0.5) is 4.39 Å². The van der Waals surface area contributed by atoms with Crippen LogP contribution < -0.4 is 11.1 Å². The van der Waals surface area contributed by atoms with Crippen LogP contribution in [0.15, 0.2) is 22.7 Å². The fourth-order valence-electron chi connectivity index (χ4n) is 1.22. The monoisotopic (exact) mass is 324 g/mol. The van der Waals surface area contributed by atoms with Crippen molar-refractivity contribution in [1.29, 1.82) is 0 Å². The van der Waals surface area contributed by atoms with Crippen molar-refractivity contribution in [1.82, 2.24) is 5.32 Å². The second kappa shape index (κ2) is 7.63. The molecule has 0 aliphatic carbocycles. The molecular formula is C11H15BrClFN2O. The number of nitrogens with two attached hydrogens (primary N) is 1. The van der Waals surface area contributed by atoms with Crippen LogP contribution in [0.3, 0.4) is 0 Å². The maximum absolute atomic E-state index is 13.3. The molecule has 0 aliphatic rings. The fraction of sp³-hybridized carbons (Fsp3) is 0.364. The quantitative estimate of drug-likeness (QED) is 0.890. The summed E-state index contributed by atoms with van der Waals surface area (Å²) in [5, 5.41) is 2.63. The third kappa shape index (κ3) is 5.48. The van der Waals surface area contributed by atoms with E-state index in [4.69, 9.17) is 5.73 Å². The van der Waals surface area contributed by atoms with Gasteiger partial charge in [-0.25, -0.2) is 4.39 Å². The fourth-order valence-corrected chi connectivity index (χ4v) is 1.62. The maximum atomic E-state index is 13.3. The average Bonchev–Trinajstić information content (AvgIpc) is 2.22. The van der Waals surface area contributed by atoms with E-state index in [1.165, 1.54) is 6.07 Å². The predicted molar refractivity (Wildman–Crippen MR) is 71.7 cm³/mol. The molecule has 6 heteroatoms. The van der Waals surface area contributed by atoms with E-state index in [-0.39, 0.29) is 24.1 Å². The second-order valence-corrected chi connectivity index (χ2v) is 4.48. The molecule has 0 aromatic heterocycles. The first-order valence-corrected chi connectivity index (χ1v) is 5.77. The molecule has 17 heavy (non-hydrogen) atoms. The number of carbonyl (C=O) groups excluding carboxylic acids is 1. The smallest absolute Gasteiger partial charge is 0.236 e. The molecule has 0 spiro atoms. The Balaban J connectivity index is 0.00000256. The zero-order valence-electron chi connectivity index (χ0n) is 9.37. The van der Waals surface area contributed by atoms with Gasteiger partial charge in [-0.05, 0) is 37.1 Å². The van der Waals surface area contributed by atoms with Crippen LogP contribution in [0.2, 0.25) is 0 Å². The Bertz CT molecular complexity index is 388. The third-order valence-electron chi connectivity index (χ3n) is 2.11. The Hall–Kier alpha value is -0.650. The summed E-state index contributed by atoms with van der Waals surface area (Å²) in [5.74, 6) is -0.492. The van der Waals surface area contributed by atoms with Crippen LogP contribution in [0.5, 0.6) is 0 Å². The lowest BCUT2D eigenvalue weighted by Gasteiger charge is -2.08. The van der Waals surface area contributed by atoms with Crippen molar-refractivity contribution >= 4 is 34.2 Å². The van der Waals surface area contributed by atoms with E-state index >= 15 is 0 Å². The number of hydrogen-bond acceptors (Lipinski definition) is 2. The lowest BCUT2D eigenvalue weighted by Crippen LogP contribution is -2.39. The number of hydrogen-bond donors (Lipinski definition) is 2. The number of halogens is 3. The van der Waals surface area contributed by atoms with Gasteiger partial charge in [0.25, 0.3) is 0 Å². The number of benzene rings is 1.